The Morgan fingerprint density at radius 1 is 1.32 bits per heavy atom. The smallest absolute Gasteiger partial charge is 0.252 e. The molecule has 1 heterocycles. The van der Waals surface area contributed by atoms with Crippen LogP contribution in [0.4, 0.5) is 13.2 Å². The van der Waals surface area contributed by atoms with E-state index in [1.807, 2.05) is 0 Å². The van der Waals surface area contributed by atoms with Crippen molar-refractivity contribution in [3.63, 3.8) is 0 Å². The molecule has 0 radical (unpaired) electrons. The van der Waals surface area contributed by atoms with Gasteiger partial charge >= 0.3 is 0 Å². The van der Waals surface area contributed by atoms with Crippen LogP contribution in [0.2, 0.25) is 0 Å². The molecule has 2 N–H and O–H groups in total. The van der Waals surface area contributed by atoms with E-state index >= 15 is 0 Å². The zero-order chi connectivity index (χ0) is 14.0. The summed E-state index contributed by atoms with van der Waals surface area (Å²) in [5.41, 5.74) is -0.317. The van der Waals surface area contributed by atoms with Crippen LogP contribution in [0.25, 0.3) is 0 Å². The molecule has 0 aliphatic heterocycles. The van der Waals surface area contributed by atoms with E-state index in [9.17, 15) is 18.0 Å². The van der Waals surface area contributed by atoms with Gasteiger partial charge in [-0.25, -0.2) is 18.2 Å². The molecule has 100 valence electrons. The van der Waals surface area contributed by atoms with Crippen LogP contribution in [0.1, 0.15) is 29.1 Å². The minimum Gasteiger partial charge on any atom is -0.342 e. The molecule has 19 heavy (non-hydrogen) atoms. The first kappa shape index (κ1) is 13.1. The molecule has 0 aliphatic carbocycles. The van der Waals surface area contributed by atoms with Crippen molar-refractivity contribution in [1.82, 2.24) is 20.5 Å². The maximum atomic E-state index is 13.0. The van der Waals surface area contributed by atoms with Gasteiger partial charge in [0.1, 0.15) is 12.2 Å². The lowest BCUT2D eigenvalue weighted by Gasteiger charge is -2.11. The molecule has 0 spiro atoms. The van der Waals surface area contributed by atoms with Gasteiger partial charge in [-0.15, -0.1) is 0 Å². The van der Waals surface area contributed by atoms with Gasteiger partial charge in [0.2, 0.25) is 0 Å². The fourth-order valence-corrected chi connectivity index (χ4v) is 1.46. The normalized spacial score (nSPS) is 12.2. The number of halogens is 3. The van der Waals surface area contributed by atoms with Crippen LogP contribution in [0, 0.1) is 17.5 Å². The van der Waals surface area contributed by atoms with Crippen LogP contribution < -0.4 is 5.32 Å². The number of amides is 1. The van der Waals surface area contributed by atoms with E-state index < -0.39 is 29.4 Å². The van der Waals surface area contributed by atoms with Crippen LogP contribution in [0.5, 0.6) is 0 Å². The summed E-state index contributed by atoms with van der Waals surface area (Å²) in [5.74, 6) is -4.81. The summed E-state index contributed by atoms with van der Waals surface area (Å²) in [4.78, 5) is 15.6. The third-order valence-corrected chi connectivity index (χ3v) is 2.44. The lowest BCUT2D eigenvalue weighted by Crippen LogP contribution is -2.27. The molecular formula is C11H9F3N4O. The summed E-state index contributed by atoms with van der Waals surface area (Å²) in [6, 6.07) is 0.716. The van der Waals surface area contributed by atoms with Crippen molar-refractivity contribution in [3.8, 4) is 0 Å². The van der Waals surface area contributed by atoms with E-state index in [-0.39, 0.29) is 5.56 Å². The Kier molecular flexibility index (Phi) is 3.50. The van der Waals surface area contributed by atoms with Crippen molar-refractivity contribution >= 4 is 5.91 Å². The molecule has 1 aromatic carbocycles. The Hall–Kier alpha value is -2.38. The fraction of sp³-hybridized carbons (Fsp3) is 0.182. The maximum absolute atomic E-state index is 13.0. The van der Waals surface area contributed by atoms with Gasteiger partial charge in [-0.3, -0.25) is 9.89 Å². The van der Waals surface area contributed by atoms with Gasteiger partial charge in [0.05, 0.1) is 6.04 Å². The SMILES string of the molecule is CC(NC(=O)c1cc(F)c(F)c(F)c1)c1ncn[nH]1. The number of carbonyl (C=O) groups is 1. The van der Waals surface area contributed by atoms with Crippen molar-refractivity contribution < 1.29 is 18.0 Å². The molecule has 8 heteroatoms. The molecule has 5 nitrogen and oxygen atoms in total. The molecule has 1 aromatic heterocycles. The van der Waals surface area contributed by atoms with Gasteiger partial charge in [0.25, 0.3) is 5.91 Å². The summed E-state index contributed by atoms with van der Waals surface area (Å²) in [6.07, 6.45) is 1.26. The molecule has 2 rings (SSSR count). The van der Waals surface area contributed by atoms with Gasteiger partial charge in [-0.05, 0) is 19.1 Å². The minimum absolute atomic E-state index is 0.317. The highest BCUT2D eigenvalue weighted by molar-refractivity contribution is 5.94. The number of hydrogen-bond donors (Lipinski definition) is 2. The third kappa shape index (κ3) is 2.72. The average Bonchev–Trinajstić information content (AvgIpc) is 2.89. The number of nitrogens with zero attached hydrogens (tertiary/aromatic N) is 2. The Labute approximate surface area is 105 Å². The summed E-state index contributed by atoms with van der Waals surface area (Å²) >= 11 is 0. The number of carbonyl (C=O) groups excluding carboxylic acids is 1. The molecule has 0 aliphatic rings. The predicted octanol–water partition coefficient (Wildman–Crippen LogP) is 1.71. The first-order valence-corrected chi connectivity index (χ1v) is 5.29. The summed E-state index contributed by atoms with van der Waals surface area (Å²) in [6.45, 7) is 1.61. The lowest BCUT2D eigenvalue weighted by atomic mass is 10.1. The van der Waals surface area contributed by atoms with Crippen LogP contribution in [-0.2, 0) is 0 Å². The fourth-order valence-electron chi connectivity index (χ4n) is 1.46. The monoisotopic (exact) mass is 270 g/mol. The standard InChI is InChI=1S/C11H9F3N4O/c1-5(10-15-4-16-18-10)17-11(19)6-2-7(12)9(14)8(13)3-6/h2-5H,1H3,(H,17,19)(H,15,16,18). The summed E-state index contributed by atoms with van der Waals surface area (Å²) in [5, 5.41) is 8.59. The van der Waals surface area contributed by atoms with Crippen molar-refractivity contribution in [1.29, 1.82) is 0 Å². The van der Waals surface area contributed by atoms with Gasteiger partial charge in [0.15, 0.2) is 17.5 Å². The van der Waals surface area contributed by atoms with Crippen LogP contribution in [0.15, 0.2) is 18.5 Å². The number of aromatic amines is 1. The number of hydrogen-bond acceptors (Lipinski definition) is 3. The predicted molar refractivity (Wildman–Crippen MR) is 58.6 cm³/mol. The topological polar surface area (TPSA) is 70.7 Å². The van der Waals surface area contributed by atoms with E-state index in [1.54, 1.807) is 6.92 Å². The molecule has 1 amide bonds. The van der Waals surface area contributed by atoms with Crippen molar-refractivity contribution in [2.75, 3.05) is 0 Å². The molecule has 1 unspecified atom stereocenters. The Morgan fingerprint density at radius 2 is 1.95 bits per heavy atom. The van der Waals surface area contributed by atoms with Crippen LogP contribution in [0.3, 0.4) is 0 Å². The number of H-pyrrole nitrogens is 1. The molecule has 2 aromatic rings. The second-order valence-electron chi connectivity index (χ2n) is 3.82. The highest BCUT2D eigenvalue weighted by Crippen LogP contribution is 2.14. The largest absolute Gasteiger partial charge is 0.342 e. The van der Waals surface area contributed by atoms with Gasteiger partial charge < -0.3 is 5.32 Å². The van der Waals surface area contributed by atoms with Crippen molar-refractivity contribution in [2.45, 2.75) is 13.0 Å². The van der Waals surface area contributed by atoms with E-state index in [4.69, 9.17) is 0 Å². The molecular weight excluding hydrogens is 261 g/mol. The Balaban J connectivity index is 2.16. The zero-order valence-corrected chi connectivity index (χ0v) is 9.75. The summed E-state index contributed by atoms with van der Waals surface area (Å²) < 4.78 is 38.7. The maximum Gasteiger partial charge on any atom is 0.252 e. The van der Waals surface area contributed by atoms with Gasteiger partial charge in [-0.1, -0.05) is 0 Å². The highest BCUT2D eigenvalue weighted by atomic mass is 19.2. The van der Waals surface area contributed by atoms with Crippen LogP contribution >= 0.6 is 0 Å². The number of rotatable bonds is 3. The van der Waals surface area contributed by atoms with Gasteiger partial charge in [0, 0.05) is 5.56 Å². The molecule has 1 atom stereocenters. The van der Waals surface area contributed by atoms with Gasteiger partial charge in [-0.2, -0.15) is 5.10 Å². The first-order chi connectivity index (χ1) is 8.99. The molecule has 0 bridgehead atoms. The van der Waals surface area contributed by atoms with E-state index in [0.717, 1.165) is 0 Å². The van der Waals surface area contributed by atoms with E-state index in [1.165, 1.54) is 6.33 Å². The number of aromatic nitrogens is 3. The zero-order valence-electron chi connectivity index (χ0n) is 9.75. The third-order valence-electron chi connectivity index (χ3n) is 2.44. The van der Waals surface area contributed by atoms with Crippen molar-refractivity contribution in [3.05, 3.63) is 47.3 Å². The molecule has 0 fully saturated rings. The lowest BCUT2D eigenvalue weighted by molar-refractivity contribution is 0.0937. The minimum atomic E-state index is -1.61. The molecule has 0 saturated carbocycles. The average molecular weight is 270 g/mol. The molecule has 0 saturated heterocycles. The van der Waals surface area contributed by atoms with Crippen molar-refractivity contribution in [2.24, 2.45) is 0 Å². The number of nitrogens with one attached hydrogen (secondary N) is 2. The van der Waals surface area contributed by atoms with Crippen LogP contribution in [-0.4, -0.2) is 21.1 Å². The Bertz CT molecular complexity index is 577. The summed E-state index contributed by atoms with van der Waals surface area (Å²) in [7, 11) is 0. The second kappa shape index (κ2) is 5.09. The first-order valence-electron chi connectivity index (χ1n) is 5.29. The number of benzene rings is 1. The highest BCUT2D eigenvalue weighted by Gasteiger charge is 2.17. The Morgan fingerprint density at radius 3 is 2.47 bits per heavy atom. The van der Waals surface area contributed by atoms with E-state index in [0.29, 0.717) is 18.0 Å². The quantitative estimate of drug-likeness (QED) is 0.834. The van der Waals surface area contributed by atoms with E-state index in [2.05, 4.69) is 20.5 Å². The second-order valence-corrected chi connectivity index (χ2v) is 3.82.